The Bertz CT molecular complexity index is 1540. The van der Waals surface area contributed by atoms with Crippen molar-refractivity contribution >= 4 is 7.82 Å². The summed E-state index contributed by atoms with van der Waals surface area (Å²) in [6.07, 6.45) is 29.7. The lowest BCUT2D eigenvalue weighted by Gasteiger charge is -2.27. The molecule has 3 aromatic carbocycles. The second kappa shape index (κ2) is 16.2. The van der Waals surface area contributed by atoms with Gasteiger partial charge in [-0.15, -0.1) is 0 Å². The predicted molar refractivity (Wildman–Crippen MR) is 216 cm³/mol. The summed E-state index contributed by atoms with van der Waals surface area (Å²) < 4.78 is 36.4. The van der Waals surface area contributed by atoms with E-state index in [-0.39, 0.29) is 0 Å². The summed E-state index contributed by atoms with van der Waals surface area (Å²) in [5.74, 6) is 5.17. The van der Waals surface area contributed by atoms with Gasteiger partial charge in [0.2, 0.25) is 0 Å². The molecule has 6 saturated carbocycles. The minimum Gasteiger partial charge on any atom is -0.386 e. The highest BCUT2D eigenvalue weighted by Crippen LogP contribution is 2.56. The molecular weight excluding hydrogens is 671 g/mol. The Labute approximate surface area is 319 Å². The zero-order valence-corrected chi connectivity index (χ0v) is 33.1. The van der Waals surface area contributed by atoms with Crippen LogP contribution in [0.4, 0.5) is 0 Å². The van der Waals surface area contributed by atoms with Crippen LogP contribution in [0.5, 0.6) is 17.2 Å². The summed E-state index contributed by atoms with van der Waals surface area (Å²) in [7, 11) is -4.21. The van der Waals surface area contributed by atoms with Gasteiger partial charge in [-0.05, 0) is 164 Å². The van der Waals surface area contributed by atoms with Gasteiger partial charge < -0.3 is 13.6 Å². The Balaban J connectivity index is 1.12. The zero-order chi connectivity index (χ0) is 35.6. The van der Waals surface area contributed by atoms with Gasteiger partial charge in [0, 0.05) is 0 Å². The molecule has 6 aliphatic carbocycles. The molecule has 3 aromatic rings. The maximum absolute atomic E-state index is 15.8. The Hall–Kier alpha value is -2.71. The Kier molecular flexibility index (Phi) is 11.0. The van der Waals surface area contributed by atoms with E-state index in [4.69, 9.17) is 13.6 Å². The largest absolute Gasteiger partial charge is 0.647 e. The minimum absolute atomic E-state index is 0.416. The summed E-state index contributed by atoms with van der Waals surface area (Å²) in [6.45, 7) is 0. The van der Waals surface area contributed by atoms with Crippen molar-refractivity contribution in [3.05, 3.63) is 88.0 Å². The number of rotatable bonds is 12. The smallest absolute Gasteiger partial charge is 0.386 e. The molecule has 284 valence electrons. The summed E-state index contributed by atoms with van der Waals surface area (Å²) in [5.41, 5.74) is 7.89. The SMILES string of the molecule is O=P(Oc1ccc(C2CCCC2)cc1C1CCCC1)(Oc1ccc(C2CCCC2)cc1C1CCCC1)Oc1ccc(C2CCCC2)cc1C1CCCC1. The first kappa shape index (κ1) is 36.0. The standard InChI is InChI=1S/C48H63O4P/c49-53(50-46-28-25-40(34-13-1-2-14-34)31-43(46)37-19-7-8-20-37,51-47-29-26-41(35-15-3-4-16-35)32-44(47)38-21-9-10-22-38)52-48-30-27-42(36-17-5-6-18-36)33-45(48)39-23-11-12-24-39/h25-39H,1-24H2. The van der Waals surface area contributed by atoms with Crippen LogP contribution < -0.4 is 13.6 Å². The van der Waals surface area contributed by atoms with Gasteiger partial charge in [0.15, 0.2) is 0 Å². The average Bonchev–Trinajstić information content (AvgIpc) is 4.02. The fourth-order valence-corrected chi connectivity index (χ4v) is 12.9. The Morgan fingerprint density at radius 1 is 0.340 bits per heavy atom. The summed E-state index contributed by atoms with van der Waals surface area (Å²) in [5, 5.41) is 0. The molecule has 0 radical (unpaired) electrons. The van der Waals surface area contributed by atoms with Gasteiger partial charge in [-0.25, -0.2) is 0 Å². The first-order valence-electron chi connectivity index (χ1n) is 22.2. The van der Waals surface area contributed by atoms with Crippen LogP contribution in [0.1, 0.15) is 223 Å². The van der Waals surface area contributed by atoms with E-state index in [1.165, 1.54) is 149 Å². The lowest BCUT2D eigenvalue weighted by atomic mass is 9.90. The van der Waals surface area contributed by atoms with E-state index >= 15 is 4.57 Å². The van der Waals surface area contributed by atoms with Gasteiger partial charge in [0.25, 0.3) is 0 Å². The molecule has 0 bridgehead atoms. The highest BCUT2D eigenvalue weighted by atomic mass is 31.2. The first-order valence-corrected chi connectivity index (χ1v) is 23.6. The van der Waals surface area contributed by atoms with Crippen LogP contribution >= 0.6 is 7.82 Å². The second-order valence-corrected chi connectivity index (χ2v) is 19.4. The molecule has 6 fully saturated rings. The molecule has 6 aliphatic rings. The molecule has 0 heterocycles. The third-order valence-corrected chi connectivity index (χ3v) is 15.9. The number of hydrogen-bond acceptors (Lipinski definition) is 4. The molecule has 0 saturated heterocycles. The number of phosphoric ester groups is 1. The van der Waals surface area contributed by atoms with Crippen LogP contribution in [0.15, 0.2) is 54.6 Å². The van der Waals surface area contributed by atoms with Crippen molar-refractivity contribution in [2.75, 3.05) is 0 Å². The van der Waals surface area contributed by atoms with Crippen molar-refractivity contribution in [2.45, 2.75) is 190 Å². The lowest BCUT2D eigenvalue weighted by molar-refractivity contribution is 0.293. The highest BCUT2D eigenvalue weighted by molar-refractivity contribution is 7.49. The van der Waals surface area contributed by atoms with Gasteiger partial charge in [-0.2, -0.15) is 4.57 Å². The van der Waals surface area contributed by atoms with E-state index in [1.54, 1.807) is 0 Å². The van der Waals surface area contributed by atoms with Gasteiger partial charge >= 0.3 is 7.82 Å². The first-order chi connectivity index (χ1) is 26.1. The van der Waals surface area contributed by atoms with E-state index in [2.05, 4.69) is 54.6 Å². The molecule has 0 aliphatic heterocycles. The third kappa shape index (κ3) is 8.01. The van der Waals surface area contributed by atoms with E-state index < -0.39 is 7.82 Å². The van der Waals surface area contributed by atoms with Gasteiger partial charge in [0.05, 0.1) is 0 Å². The average molecular weight is 735 g/mol. The monoisotopic (exact) mass is 734 g/mol. The van der Waals surface area contributed by atoms with Crippen molar-refractivity contribution in [3.63, 3.8) is 0 Å². The fraction of sp³-hybridized carbons (Fsp3) is 0.625. The molecule has 0 N–H and O–H groups in total. The second-order valence-electron chi connectivity index (χ2n) is 18.0. The fourth-order valence-electron chi connectivity index (χ4n) is 11.6. The molecule has 0 aromatic heterocycles. The molecule has 0 atom stereocenters. The summed E-state index contributed by atoms with van der Waals surface area (Å²) >= 11 is 0. The maximum atomic E-state index is 15.8. The molecule has 9 rings (SSSR count). The molecule has 0 unspecified atom stereocenters. The van der Waals surface area contributed by atoms with Crippen LogP contribution in [-0.2, 0) is 4.57 Å². The van der Waals surface area contributed by atoms with Crippen molar-refractivity contribution in [2.24, 2.45) is 0 Å². The summed E-state index contributed by atoms with van der Waals surface area (Å²) in [4.78, 5) is 0. The quantitative estimate of drug-likeness (QED) is 0.174. The lowest BCUT2D eigenvalue weighted by Crippen LogP contribution is -2.13. The Morgan fingerprint density at radius 3 is 0.811 bits per heavy atom. The number of phosphoric acid groups is 1. The normalized spacial score (nSPS) is 22.8. The number of hydrogen-bond donors (Lipinski definition) is 0. The van der Waals surface area contributed by atoms with Gasteiger partial charge in [0.1, 0.15) is 17.2 Å². The van der Waals surface area contributed by atoms with E-state index in [1.807, 2.05) is 0 Å². The van der Waals surface area contributed by atoms with Crippen LogP contribution in [0.2, 0.25) is 0 Å². The summed E-state index contributed by atoms with van der Waals surface area (Å²) in [6, 6.07) is 20.3. The molecular formula is C48H63O4P. The molecule has 0 amide bonds. The molecule has 53 heavy (non-hydrogen) atoms. The molecule has 5 heteroatoms. The van der Waals surface area contributed by atoms with Gasteiger partial charge in [-0.1, -0.05) is 113 Å². The van der Waals surface area contributed by atoms with Crippen molar-refractivity contribution < 1.29 is 18.1 Å². The number of benzene rings is 3. The minimum atomic E-state index is -4.21. The van der Waals surface area contributed by atoms with E-state index in [0.717, 1.165) is 38.5 Å². The topological polar surface area (TPSA) is 44.8 Å². The maximum Gasteiger partial charge on any atom is 0.647 e. The predicted octanol–water partition coefficient (Wildman–Crippen LogP) is 15.3. The van der Waals surface area contributed by atoms with E-state index in [0.29, 0.717) is 52.8 Å². The highest BCUT2D eigenvalue weighted by Gasteiger charge is 2.39. The molecule has 4 nitrogen and oxygen atoms in total. The third-order valence-electron chi connectivity index (χ3n) is 14.6. The van der Waals surface area contributed by atoms with Crippen molar-refractivity contribution in [3.8, 4) is 17.2 Å². The Morgan fingerprint density at radius 2 is 0.566 bits per heavy atom. The van der Waals surface area contributed by atoms with Crippen LogP contribution in [0, 0.1) is 0 Å². The van der Waals surface area contributed by atoms with Crippen LogP contribution in [0.25, 0.3) is 0 Å². The van der Waals surface area contributed by atoms with Crippen LogP contribution in [-0.4, -0.2) is 0 Å². The van der Waals surface area contributed by atoms with Crippen molar-refractivity contribution in [1.29, 1.82) is 0 Å². The van der Waals surface area contributed by atoms with Gasteiger partial charge in [-0.3, -0.25) is 0 Å². The van der Waals surface area contributed by atoms with Crippen molar-refractivity contribution in [1.82, 2.24) is 0 Å². The van der Waals surface area contributed by atoms with E-state index in [9.17, 15) is 0 Å². The zero-order valence-electron chi connectivity index (χ0n) is 32.2. The molecule has 0 spiro atoms. The van der Waals surface area contributed by atoms with Crippen LogP contribution in [0.3, 0.4) is 0 Å².